The van der Waals surface area contributed by atoms with E-state index < -0.39 is 0 Å². The molecule has 1 aliphatic rings. The molecule has 0 radical (unpaired) electrons. The summed E-state index contributed by atoms with van der Waals surface area (Å²) in [5.74, 6) is 0.649. The highest BCUT2D eigenvalue weighted by atomic mass is 35.5. The highest BCUT2D eigenvalue weighted by molar-refractivity contribution is 7.20. The van der Waals surface area contributed by atoms with E-state index in [1.54, 1.807) is 25.0 Å². The van der Waals surface area contributed by atoms with Gasteiger partial charge in [0.25, 0.3) is 5.91 Å². The van der Waals surface area contributed by atoms with Crippen molar-refractivity contribution in [2.75, 3.05) is 13.7 Å². The predicted molar refractivity (Wildman–Crippen MR) is 82.6 cm³/mol. The number of carbonyl (C=O) groups excluding carboxylic acids is 1. The molecule has 3 heterocycles. The zero-order chi connectivity index (χ0) is 15.9. The minimum absolute atomic E-state index is 0.0889. The number of likely N-dealkylation sites (tertiary alicyclic amines) is 1. The second-order valence-corrected chi connectivity index (χ2v) is 7.25. The average Bonchev–Trinajstić information content (AvgIpc) is 3.16. The first-order valence-corrected chi connectivity index (χ1v) is 8.15. The summed E-state index contributed by atoms with van der Waals surface area (Å²) in [5, 5.41) is 7.86. The van der Waals surface area contributed by atoms with Crippen molar-refractivity contribution in [1.82, 2.24) is 15.1 Å². The summed E-state index contributed by atoms with van der Waals surface area (Å²) in [6.45, 7) is 2.14. The molecular weight excluding hydrogens is 349 g/mol. The number of nitrogens with zero attached hydrogens (tertiary/aromatic N) is 3. The van der Waals surface area contributed by atoms with E-state index >= 15 is 0 Å². The second-order valence-electron chi connectivity index (χ2n) is 4.96. The molecule has 0 N–H and O–H groups in total. The van der Waals surface area contributed by atoms with E-state index in [4.69, 9.17) is 32.4 Å². The molecule has 0 aliphatic carbocycles. The van der Waals surface area contributed by atoms with Crippen LogP contribution in [-0.2, 0) is 4.74 Å². The summed E-state index contributed by atoms with van der Waals surface area (Å²) in [5.41, 5.74) is 0.384. The van der Waals surface area contributed by atoms with Gasteiger partial charge >= 0.3 is 0 Å². The summed E-state index contributed by atoms with van der Waals surface area (Å²) >= 11 is 13.2. The van der Waals surface area contributed by atoms with E-state index in [1.165, 1.54) is 0 Å². The molecule has 1 fully saturated rings. The predicted octanol–water partition coefficient (Wildman–Crippen LogP) is 3.35. The number of aryl methyl sites for hydroxylation is 1. The monoisotopic (exact) mass is 361 g/mol. The van der Waals surface area contributed by atoms with E-state index in [0.717, 1.165) is 11.3 Å². The second kappa shape index (κ2) is 6.16. The fraction of sp³-hybridized carbons (Fsp3) is 0.462. The van der Waals surface area contributed by atoms with Crippen LogP contribution in [0.4, 0.5) is 0 Å². The Bertz CT molecular complexity index is 703. The lowest BCUT2D eigenvalue weighted by molar-refractivity contribution is 0.0674. The SMILES string of the molecule is CO[C@@H]1C[C@H](c2nnc(C)o2)N(C(=O)c2cc(Cl)sc2Cl)C1. The van der Waals surface area contributed by atoms with Crippen molar-refractivity contribution in [3.8, 4) is 0 Å². The summed E-state index contributed by atoms with van der Waals surface area (Å²) in [6.07, 6.45) is 0.508. The number of hydrogen-bond donors (Lipinski definition) is 0. The lowest BCUT2D eigenvalue weighted by Gasteiger charge is -2.21. The number of aromatic nitrogens is 2. The van der Waals surface area contributed by atoms with Crippen LogP contribution in [0, 0.1) is 6.92 Å². The topological polar surface area (TPSA) is 68.5 Å². The Kier molecular flexibility index (Phi) is 4.40. The highest BCUT2D eigenvalue weighted by Gasteiger charge is 2.40. The quantitative estimate of drug-likeness (QED) is 0.838. The number of carbonyl (C=O) groups is 1. The maximum absolute atomic E-state index is 12.8. The summed E-state index contributed by atoms with van der Waals surface area (Å²) in [7, 11) is 1.61. The van der Waals surface area contributed by atoms with Crippen LogP contribution in [0.1, 0.15) is 34.6 Å². The minimum atomic E-state index is -0.326. The van der Waals surface area contributed by atoms with Crippen molar-refractivity contribution in [2.45, 2.75) is 25.5 Å². The van der Waals surface area contributed by atoms with Crippen LogP contribution in [0.3, 0.4) is 0 Å². The molecule has 1 saturated heterocycles. The number of thiophene rings is 1. The molecule has 9 heteroatoms. The molecule has 0 saturated carbocycles. The molecule has 2 atom stereocenters. The van der Waals surface area contributed by atoms with Crippen LogP contribution in [0.15, 0.2) is 10.5 Å². The number of ether oxygens (including phenoxy) is 1. The van der Waals surface area contributed by atoms with Gasteiger partial charge in [0.15, 0.2) is 0 Å². The van der Waals surface area contributed by atoms with Gasteiger partial charge in [0.2, 0.25) is 11.8 Å². The van der Waals surface area contributed by atoms with E-state index in [1.807, 2.05) is 0 Å². The average molecular weight is 362 g/mol. The molecule has 0 bridgehead atoms. The Labute approximate surface area is 141 Å². The molecule has 0 spiro atoms. The molecular formula is C13H13Cl2N3O3S. The van der Waals surface area contributed by atoms with E-state index in [0.29, 0.717) is 39.0 Å². The lowest BCUT2D eigenvalue weighted by Crippen LogP contribution is -2.32. The van der Waals surface area contributed by atoms with Crippen LogP contribution in [0.2, 0.25) is 8.67 Å². The van der Waals surface area contributed by atoms with E-state index in [2.05, 4.69) is 10.2 Å². The van der Waals surface area contributed by atoms with Crippen LogP contribution in [0.25, 0.3) is 0 Å². The van der Waals surface area contributed by atoms with Gasteiger partial charge in [-0.3, -0.25) is 4.79 Å². The minimum Gasteiger partial charge on any atom is -0.423 e. The van der Waals surface area contributed by atoms with Crippen molar-refractivity contribution in [3.63, 3.8) is 0 Å². The molecule has 2 aromatic rings. The molecule has 0 aromatic carbocycles. The summed E-state index contributed by atoms with van der Waals surface area (Å²) < 4.78 is 11.7. The zero-order valence-electron chi connectivity index (χ0n) is 11.9. The Morgan fingerprint density at radius 1 is 1.50 bits per heavy atom. The van der Waals surface area contributed by atoms with E-state index in [-0.39, 0.29) is 18.1 Å². The normalized spacial score (nSPS) is 21.5. The zero-order valence-corrected chi connectivity index (χ0v) is 14.2. The third-order valence-electron chi connectivity index (χ3n) is 3.57. The van der Waals surface area contributed by atoms with E-state index in [9.17, 15) is 4.79 Å². The maximum atomic E-state index is 12.8. The fourth-order valence-electron chi connectivity index (χ4n) is 2.51. The molecule has 2 aromatic heterocycles. The Morgan fingerprint density at radius 2 is 2.27 bits per heavy atom. The van der Waals surface area contributed by atoms with Gasteiger partial charge < -0.3 is 14.1 Å². The smallest absolute Gasteiger partial charge is 0.257 e. The summed E-state index contributed by atoms with van der Waals surface area (Å²) in [6, 6.07) is 1.25. The van der Waals surface area contributed by atoms with Crippen molar-refractivity contribution in [2.24, 2.45) is 0 Å². The number of rotatable bonds is 3. The Balaban J connectivity index is 1.92. The fourth-order valence-corrected chi connectivity index (χ4v) is 3.96. The first-order chi connectivity index (χ1) is 10.5. The van der Waals surface area contributed by atoms with Crippen molar-refractivity contribution >= 4 is 40.4 Å². The first kappa shape index (κ1) is 15.7. The van der Waals surface area contributed by atoms with Gasteiger partial charge in [-0.1, -0.05) is 23.2 Å². The third-order valence-corrected chi connectivity index (χ3v) is 5.06. The maximum Gasteiger partial charge on any atom is 0.257 e. The third kappa shape index (κ3) is 2.86. The molecule has 0 unspecified atom stereocenters. The van der Waals surface area contributed by atoms with Crippen LogP contribution in [-0.4, -0.2) is 40.8 Å². The molecule has 6 nitrogen and oxygen atoms in total. The molecule has 3 rings (SSSR count). The number of hydrogen-bond acceptors (Lipinski definition) is 6. The van der Waals surface area contributed by atoms with Gasteiger partial charge in [-0.05, 0) is 6.07 Å². The largest absolute Gasteiger partial charge is 0.423 e. The van der Waals surface area contributed by atoms with Gasteiger partial charge in [0.1, 0.15) is 10.4 Å². The van der Waals surface area contributed by atoms with Gasteiger partial charge in [-0.2, -0.15) is 0 Å². The van der Waals surface area contributed by atoms with Gasteiger partial charge in [0, 0.05) is 27.0 Å². The van der Waals surface area contributed by atoms with Crippen molar-refractivity contribution in [1.29, 1.82) is 0 Å². The standard InChI is InChI=1S/C13H13Cl2N3O3S/c1-6-16-17-12(21-6)9-3-7(20-2)5-18(9)13(19)8-4-10(14)22-11(8)15/h4,7,9H,3,5H2,1-2H3/t7-,9-/m1/s1. The molecule has 1 amide bonds. The first-order valence-electron chi connectivity index (χ1n) is 6.58. The van der Waals surface area contributed by atoms with Gasteiger partial charge in [-0.15, -0.1) is 21.5 Å². The highest BCUT2D eigenvalue weighted by Crippen LogP contribution is 2.37. The Hall–Kier alpha value is -1.15. The number of halogens is 2. The lowest BCUT2D eigenvalue weighted by atomic mass is 10.2. The van der Waals surface area contributed by atoms with Crippen LogP contribution >= 0.6 is 34.5 Å². The molecule has 118 valence electrons. The number of amides is 1. The van der Waals surface area contributed by atoms with Crippen LogP contribution < -0.4 is 0 Å². The van der Waals surface area contributed by atoms with Crippen molar-refractivity contribution < 1.29 is 13.9 Å². The molecule has 22 heavy (non-hydrogen) atoms. The summed E-state index contributed by atoms with van der Waals surface area (Å²) in [4.78, 5) is 14.4. The Morgan fingerprint density at radius 3 is 2.82 bits per heavy atom. The van der Waals surface area contributed by atoms with Crippen LogP contribution in [0.5, 0.6) is 0 Å². The van der Waals surface area contributed by atoms with Gasteiger partial charge in [0.05, 0.1) is 16.0 Å². The number of methoxy groups -OCH3 is 1. The van der Waals surface area contributed by atoms with Crippen molar-refractivity contribution in [3.05, 3.63) is 32.1 Å². The molecule has 1 aliphatic heterocycles. The van der Waals surface area contributed by atoms with Gasteiger partial charge in [-0.25, -0.2) is 0 Å².